The van der Waals surface area contributed by atoms with E-state index < -0.39 is 11.7 Å². The van der Waals surface area contributed by atoms with Gasteiger partial charge < -0.3 is 16.0 Å². The Kier molecular flexibility index (Phi) is 7.44. The molecule has 0 atom stereocenters. The van der Waals surface area contributed by atoms with Crippen molar-refractivity contribution in [3.05, 3.63) is 64.3 Å². The average molecular weight is 459 g/mol. The van der Waals surface area contributed by atoms with Gasteiger partial charge in [0.25, 0.3) is 11.7 Å². The normalized spacial score (nSPS) is 10.5. The zero-order chi connectivity index (χ0) is 22.4. The molecular weight excluding hydrogens is 439 g/mol. The van der Waals surface area contributed by atoms with Gasteiger partial charge in [0.1, 0.15) is 0 Å². The Morgan fingerprint density at radius 3 is 2.45 bits per heavy atom. The number of Topliss-reactive ketones (excluding diaryl/α,β-unsaturated/α-hetero) is 1. The van der Waals surface area contributed by atoms with Crippen LogP contribution in [0.1, 0.15) is 23.7 Å². The van der Waals surface area contributed by atoms with Gasteiger partial charge in [-0.1, -0.05) is 23.2 Å². The number of fused-ring (bicyclic) bond motifs is 1. The molecule has 3 aromatic rings. The summed E-state index contributed by atoms with van der Waals surface area (Å²) in [6.45, 7) is 2.18. The van der Waals surface area contributed by atoms with Gasteiger partial charge in [0.05, 0.1) is 16.8 Å². The van der Waals surface area contributed by atoms with Crippen molar-refractivity contribution >= 4 is 63.1 Å². The number of anilines is 2. The van der Waals surface area contributed by atoms with Crippen LogP contribution in [0.5, 0.6) is 0 Å². The molecule has 0 aliphatic carbocycles. The predicted octanol–water partition coefficient (Wildman–Crippen LogP) is 4.30. The smallest absolute Gasteiger partial charge is 0.292 e. The lowest BCUT2D eigenvalue weighted by molar-refractivity contribution is -0.117. The van der Waals surface area contributed by atoms with Crippen LogP contribution in [0.4, 0.5) is 11.4 Å². The molecule has 0 saturated heterocycles. The lowest BCUT2D eigenvalue weighted by Gasteiger charge is -2.11. The predicted molar refractivity (Wildman–Crippen MR) is 123 cm³/mol. The van der Waals surface area contributed by atoms with Crippen LogP contribution in [0.2, 0.25) is 10.0 Å². The van der Waals surface area contributed by atoms with Crippen LogP contribution in [0.15, 0.2) is 48.7 Å². The summed E-state index contributed by atoms with van der Waals surface area (Å²) in [5.41, 5.74) is 1.97. The van der Waals surface area contributed by atoms with Gasteiger partial charge in [-0.2, -0.15) is 0 Å². The molecule has 2 amide bonds. The maximum Gasteiger partial charge on any atom is 0.292 e. The minimum absolute atomic E-state index is 0.0419. The van der Waals surface area contributed by atoms with Gasteiger partial charge in [-0.15, -0.1) is 0 Å². The van der Waals surface area contributed by atoms with Crippen molar-refractivity contribution in [3.8, 4) is 0 Å². The number of pyridine rings is 1. The van der Waals surface area contributed by atoms with E-state index in [2.05, 4.69) is 20.9 Å². The molecule has 0 spiro atoms. The number of ketones is 1. The second kappa shape index (κ2) is 10.2. The molecule has 0 radical (unpaired) electrons. The van der Waals surface area contributed by atoms with Crippen molar-refractivity contribution in [3.63, 3.8) is 0 Å². The third-order valence-corrected chi connectivity index (χ3v) is 4.87. The number of hydrogen-bond donors (Lipinski definition) is 3. The fourth-order valence-electron chi connectivity index (χ4n) is 2.99. The Hall–Kier alpha value is -3.16. The number of halogens is 2. The van der Waals surface area contributed by atoms with Gasteiger partial charge in [0, 0.05) is 47.3 Å². The standard InChI is InChI=1S/C22H20Cl2N4O3/c1-13(29)28-19-6-4-14(23)11-17(19)21(30)22(31)27-9-2-8-25-18-7-10-26-20-12-15(24)3-5-16(18)20/h3-7,10-12H,2,8-9H2,1H3,(H,25,26)(H,27,31)(H,28,29). The molecule has 0 saturated carbocycles. The zero-order valence-corrected chi connectivity index (χ0v) is 18.2. The van der Waals surface area contributed by atoms with E-state index in [0.717, 1.165) is 16.6 Å². The largest absolute Gasteiger partial charge is 0.384 e. The molecule has 7 nitrogen and oxygen atoms in total. The van der Waals surface area contributed by atoms with Crippen molar-refractivity contribution in [2.45, 2.75) is 13.3 Å². The number of aromatic nitrogens is 1. The number of nitrogens with zero attached hydrogens (tertiary/aromatic N) is 1. The molecule has 0 unspecified atom stereocenters. The second-order valence-electron chi connectivity index (χ2n) is 6.76. The maximum absolute atomic E-state index is 12.5. The topological polar surface area (TPSA) is 100 Å². The van der Waals surface area contributed by atoms with E-state index in [0.29, 0.717) is 29.6 Å². The van der Waals surface area contributed by atoms with E-state index in [1.54, 1.807) is 18.3 Å². The minimum atomic E-state index is -0.767. The number of benzene rings is 2. The van der Waals surface area contributed by atoms with Crippen molar-refractivity contribution in [1.29, 1.82) is 0 Å². The fraction of sp³-hybridized carbons (Fsp3) is 0.182. The van der Waals surface area contributed by atoms with Crippen LogP contribution in [-0.2, 0) is 9.59 Å². The lowest BCUT2D eigenvalue weighted by Crippen LogP contribution is -2.33. The molecule has 2 aromatic carbocycles. The number of hydrogen-bond acceptors (Lipinski definition) is 5. The van der Waals surface area contributed by atoms with Crippen LogP contribution in [0, 0.1) is 0 Å². The van der Waals surface area contributed by atoms with Crippen LogP contribution in [-0.4, -0.2) is 35.7 Å². The van der Waals surface area contributed by atoms with E-state index in [9.17, 15) is 14.4 Å². The number of amides is 2. The first-order valence-corrected chi connectivity index (χ1v) is 10.3. The first kappa shape index (κ1) is 22.5. The van der Waals surface area contributed by atoms with Gasteiger partial charge in [0.15, 0.2) is 0 Å². The van der Waals surface area contributed by atoms with E-state index in [4.69, 9.17) is 23.2 Å². The Balaban J connectivity index is 1.54. The van der Waals surface area contributed by atoms with E-state index >= 15 is 0 Å². The molecule has 1 aromatic heterocycles. The highest BCUT2D eigenvalue weighted by Crippen LogP contribution is 2.24. The Morgan fingerprint density at radius 1 is 0.935 bits per heavy atom. The van der Waals surface area contributed by atoms with Crippen molar-refractivity contribution < 1.29 is 14.4 Å². The fourth-order valence-corrected chi connectivity index (χ4v) is 3.33. The summed E-state index contributed by atoms with van der Waals surface area (Å²) in [4.78, 5) is 40.4. The molecule has 0 bridgehead atoms. The Morgan fingerprint density at radius 2 is 1.68 bits per heavy atom. The molecule has 1 heterocycles. The van der Waals surface area contributed by atoms with Gasteiger partial charge in [-0.05, 0) is 48.9 Å². The summed E-state index contributed by atoms with van der Waals surface area (Å²) in [5.74, 6) is -1.89. The van der Waals surface area contributed by atoms with Gasteiger partial charge >= 0.3 is 0 Å². The monoisotopic (exact) mass is 458 g/mol. The van der Waals surface area contributed by atoms with Crippen molar-refractivity contribution in [1.82, 2.24) is 10.3 Å². The number of carbonyl (C=O) groups excluding carboxylic acids is 3. The first-order valence-electron chi connectivity index (χ1n) is 9.53. The molecule has 160 valence electrons. The molecular formula is C22H20Cl2N4O3. The van der Waals surface area contributed by atoms with E-state index in [1.807, 2.05) is 12.1 Å². The number of carbonyl (C=O) groups is 3. The number of nitrogens with one attached hydrogen (secondary N) is 3. The lowest BCUT2D eigenvalue weighted by atomic mass is 10.1. The van der Waals surface area contributed by atoms with Crippen LogP contribution in [0.3, 0.4) is 0 Å². The third-order valence-electron chi connectivity index (χ3n) is 4.40. The summed E-state index contributed by atoms with van der Waals surface area (Å²) in [6, 6.07) is 11.7. The molecule has 3 N–H and O–H groups in total. The molecule has 0 fully saturated rings. The highest BCUT2D eigenvalue weighted by molar-refractivity contribution is 6.44. The van der Waals surface area contributed by atoms with Crippen molar-refractivity contribution in [2.75, 3.05) is 23.7 Å². The number of rotatable bonds is 8. The van der Waals surface area contributed by atoms with Crippen molar-refractivity contribution in [2.24, 2.45) is 0 Å². The molecule has 0 aliphatic rings. The Bertz CT molecular complexity index is 1150. The SMILES string of the molecule is CC(=O)Nc1ccc(Cl)cc1C(=O)C(=O)NCCCNc1ccnc2cc(Cl)ccc12. The molecule has 3 rings (SSSR count). The summed E-state index contributed by atoms with van der Waals surface area (Å²) < 4.78 is 0. The summed E-state index contributed by atoms with van der Waals surface area (Å²) in [6.07, 6.45) is 2.28. The van der Waals surface area contributed by atoms with Crippen LogP contribution < -0.4 is 16.0 Å². The minimum Gasteiger partial charge on any atom is -0.384 e. The van der Waals surface area contributed by atoms with Gasteiger partial charge in [-0.25, -0.2) is 0 Å². The second-order valence-corrected chi connectivity index (χ2v) is 7.63. The first-order chi connectivity index (χ1) is 14.8. The summed E-state index contributed by atoms with van der Waals surface area (Å²) in [5, 5.41) is 10.3. The molecule has 31 heavy (non-hydrogen) atoms. The Labute approximate surface area is 189 Å². The summed E-state index contributed by atoms with van der Waals surface area (Å²) in [7, 11) is 0. The summed E-state index contributed by atoms with van der Waals surface area (Å²) >= 11 is 11.9. The molecule has 9 heteroatoms. The van der Waals surface area contributed by atoms with E-state index in [-0.39, 0.29) is 17.2 Å². The van der Waals surface area contributed by atoms with Crippen LogP contribution in [0.25, 0.3) is 10.9 Å². The van der Waals surface area contributed by atoms with Gasteiger partial charge in [-0.3, -0.25) is 19.4 Å². The third kappa shape index (κ3) is 5.93. The zero-order valence-electron chi connectivity index (χ0n) is 16.7. The van der Waals surface area contributed by atoms with E-state index in [1.165, 1.54) is 25.1 Å². The maximum atomic E-state index is 12.5. The highest BCUT2D eigenvalue weighted by atomic mass is 35.5. The quantitative estimate of drug-likeness (QED) is 0.265. The van der Waals surface area contributed by atoms with Gasteiger partial charge in [0.2, 0.25) is 5.91 Å². The van der Waals surface area contributed by atoms with Crippen LogP contribution >= 0.6 is 23.2 Å². The molecule has 0 aliphatic heterocycles. The highest BCUT2D eigenvalue weighted by Gasteiger charge is 2.20. The average Bonchev–Trinajstić information content (AvgIpc) is 2.73.